The van der Waals surface area contributed by atoms with Gasteiger partial charge in [0.05, 0.1) is 6.20 Å². The summed E-state index contributed by atoms with van der Waals surface area (Å²) in [6.07, 6.45) is 2.82. The molecule has 9 nitrogen and oxygen atoms in total. The Morgan fingerprint density at radius 2 is 2.38 bits per heavy atom. The van der Waals surface area contributed by atoms with Gasteiger partial charge in [0.2, 0.25) is 0 Å². The van der Waals surface area contributed by atoms with Crippen LogP contribution in [0.1, 0.15) is 5.56 Å². The molecule has 2 N–H and O–H groups in total. The number of aromatic nitrogens is 6. The number of ether oxygens (including phenoxy) is 1. The topological polar surface area (TPSA) is 118 Å². The van der Waals surface area contributed by atoms with Crippen molar-refractivity contribution < 1.29 is 14.6 Å². The molecule has 0 bridgehead atoms. The van der Waals surface area contributed by atoms with Gasteiger partial charge in [-0.25, -0.2) is 14.9 Å². The molecule has 0 spiro atoms. The quantitative estimate of drug-likeness (QED) is 0.686. The van der Waals surface area contributed by atoms with Gasteiger partial charge < -0.3 is 9.84 Å². The zero-order chi connectivity index (χ0) is 14.8. The van der Waals surface area contributed by atoms with Gasteiger partial charge in [0, 0.05) is 19.7 Å². The van der Waals surface area contributed by atoms with E-state index >= 15 is 0 Å². The van der Waals surface area contributed by atoms with Crippen molar-refractivity contribution in [3.8, 4) is 11.5 Å². The van der Waals surface area contributed by atoms with Crippen molar-refractivity contribution in [2.24, 2.45) is 0 Å². The smallest absolute Gasteiger partial charge is 0.333 e. The molecule has 0 aromatic carbocycles. The summed E-state index contributed by atoms with van der Waals surface area (Å²) < 4.78 is 6.75. The fourth-order valence-corrected chi connectivity index (χ4v) is 2.07. The highest BCUT2D eigenvalue weighted by atomic mass is 16.5. The van der Waals surface area contributed by atoms with Crippen LogP contribution >= 0.6 is 0 Å². The number of imidazole rings is 1. The molecule has 0 saturated heterocycles. The van der Waals surface area contributed by atoms with Gasteiger partial charge in [0.25, 0.3) is 0 Å². The van der Waals surface area contributed by atoms with Gasteiger partial charge in [0.15, 0.2) is 11.9 Å². The summed E-state index contributed by atoms with van der Waals surface area (Å²) in [5, 5.41) is 22.6. The Kier molecular flexibility index (Phi) is 3.32. The van der Waals surface area contributed by atoms with E-state index in [2.05, 4.69) is 25.6 Å². The van der Waals surface area contributed by atoms with Crippen molar-refractivity contribution in [1.82, 2.24) is 30.0 Å². The van der Waals surface area contributed by atoms with E-state index in [1.165, 1.54) is 7.11 Å². The van der Waals surface area contributed by atoms with E-state index in [0.29, 0.717) is 11.5 Å². The number of aromatic amines is 1. The Hall–Kier alpha value is -2.81. The second-order valence-electron chi connectivity index (χ2n) is 4.43. The Bertz CT molecular complexity index is 766. The lowest BCUT2D eigenvalue weighted by Gasteiger charge is -2.10. The molecule has 0 fully saturated rings. The molecular formula is C12H12N6O3. The minimum atomic E-state index is -0.997. The molecule has 0 radical (unpaired) electrons. The largest absolute Gasteiger partial charge is 0.479 e. The second kappa shape index (κ2) is 5.29. The molecule has 0 saturated carbocycles. The van der Waals surface area contributed by atoms with E-state index < -0.39 is 12.1 Å². The van der Waals surface area contributed by atoms with Crippen LogP contribution in [0.25, 0.3) is 17.2 Å². The molecule has 0 amide bonds. The highest BCUT2D eigenvalue weighted by Gasteiger charge is 2.18. The summed E-state index contributed by atoms with van der Waals surface area (Å²) in [6, 6.07) is 3.62. The molecule has 0 aliphatic heterocycles. The fraction of sp³-hybridized carbons (Fsp3) is 0.250. The average Bonchev–Trinajstić information content (AvgIpc) is 3.12. The monoisotopic (exact) mass is 288 g/mol. The van der Waals surface area contributed by atoms with E-state index in [4.69, 9.17) is 9.84 Å². The van der Waals surface area contributed by atoms with Crippen LogP contribution < -0.4 is 0 Å². The lowest BCUT2D eigenvalue weighted by atomic mass is 10.1. The number of nitrogens with one attached hydrogen (secondary N) is 1. The van der Waals surface area contributed by atoms with Crippen LogP contribution in [0.5, 0.6) is 0 Å². The Morgan fingerprint density at radius 3 is 3.05 bits per heavy atom. The third-order valence-corrected chi connectivity index (χ3v) is 3.14. The first-order valence-electron chi connectivity index (χ1n) is 6.14. The Labute approximate surface area is 118 Å². The van der Waals surface area contributed by atoms with Crippen LogP contribution in [-0.2, 0) is 16.0 Å². The number of tetrazole rings is 1. The molecule has 1 atom stereocenters. The van der Waals surface area contributed by atoms with Crippen molar-refractivity contribution >= 4 is 11.6 Å². The molecular weight excluding hydrogens is 276 g/mol. The second-order valence-corrected chi connectivity index (χ2v) is 4.43. The predicted molar refractivity (Wildman–Crippen MR) is 70.5 cm³/mol. The minimum absolute atomic E-state index is 0.258. The van der Waals surface area contributed by atoms with Crippen molar-refractivity contribution in [3.63, 3.8) is 0 Å². The van der Waals surface area contributed by atoms with Gasteiger partial charge in [-0.2, -0.15) is 0 Å². The number of H-pyrrole nitrogens is 1. The molecule has 0 aliphatic rings. The number of hydrogen-bond donors (Lipinski definition) is 2. The van der Waals surface area contributed by atoms with Crippen molar-refractivity contribution in [3.05, 3.63) is 30.1 Å². The summed E-state index contributed by atoms with van der Waals surface area (Å²) in [7, 11) is 1.38. The number of hydrogen-bond acceptors (Lipinski definition) is 6. The number of methoxy groups -OCH3 is 1. The van der Waals surface area contributed by atoms with E-state index in [-0.39, 0.29) is 6.42 Å². The van der Waals surface area contributed by atoms with Gasteiger partial charge in [-0.1, -0.05) is 6.07 Å². The molecule has 108 valence electrons. The van der Waals surface area contributed by atoms with Crippen molar-refractivity contribution in [2.45, 2.75) is 12.5 Å². The molecule has 3 heterocycles. The number of rotatable bonds is 5. The average molecular weight is 288 g/mol. The Morgan fingerprint density at radius 1 is 1.52 bits per heavy atom. The fourth-order valence-electron chi connectivity index (χ4n) is 2.07. The van der Waals surface area contributed by atoms with Crippen molar-refractivity contribution in [2.75, 3.05) is 7.11 Å². The first kappa shape index (κ1) is 13.2. The predicted octanol–water partition coefficient (Wildman–Crippen LogP) is 0.156. The van der Waals surface area contributed by atoms with Gasteiger partial charge >= 0.3 is 5.97 Å². The highest BCUT2D eigenvalue weighted by Crippen LogP contribution is 2.17. The van der Waals surface area contributed by atoms with E-state index in [9.17, 15) is 4.79 Å². The van der Waals surface area contributed by atoms with Gasteiger partial charge in [0.1, 0.15) is 11.3 Å². The standard InChI is InChI=1S/C12H12N6O3/c1-21-9(12(19)20)4-7-2-3-10-13-5-8(18(10)6-7)11-14-16-17-15-11/h2-3,5-6,9H,4H2,1H3,(H,19,20)(H,14,15,16,17). The van der Waals surface area contributed by atoms with E-state index in [0.717, 1.165) is 11.2 Å². The molecule has 21 heavy (non-hydrogen) atoms. The third kappa shape index (κ3) is 2.46. The molecule has 9 heteroatoms. The SMILES string of the molecule is COC(Cc1ccc2ncc(-c3nnn[nH]3)n2c1)C(=O)O. The number of pyridine rings is 1. The van der Waals surface area contributed by atoms with Gasteiger partial charge in [-0.05, 0) is 22.1 Å². The maximum atomic E-state index is 11.0. The number of nitrogens with zero attached hydrogens (tertiary/aromatic N) is 5. The molecule has 3 aromatic heterocycles. The number of fused-ring (bicyclic) bond motifs is 1. The minimum Gasteiger partial charge on any atom is -0.479 e. The first-order valence-corrected chi connectivity index (χ1v) is 6.14. The maximum Gasteiger partial charge on any atom is 0.333 e. The summed E-state index contributed by atoms with van der Waals surface area (Å²) in [5.41, 5.74) is 2.22. The number of aliphatic carboxylic acids is 1. The third-order valence-electron chi connectivity index (χ3n) is 3.14. The summed E-state index contributed by atoms with van der Waals surface area (Å²) in [4.78, 5) is 15.3. The van der Waals surface area contributed by atoms with E-state index in [1.54, 1.807) is 22.9 Å². The normalized spacial score (nSPS) is 12.6. The zero-order valence-electron chi connectivity index (χ0n) is 11.1. The van der Waals surface area contributed by atoms with Gasteiger partial charge in [-0.15, -0.1) is 5.10 Å². The van der Waals surface area contributed by atoms with E-state index in [1.807, 2.05) is 6.07 Å². The molecule has 0 aliphatic carbocycles. The zero-order valence-corrected chi connectivity index (χ0v) is 11.1. The summed E-state index contributed by atoms with van der Waals surface area (Å²) in [6.45, 7) is 0. The van der Waals surface area contributed by atoms with Crippen LogP contribution in [0.3, 0.4) is 0 Å². The number of carboxylic acids is 1. The van der Waals surface area contributed by atoms with Gasteiger partial charge in [-0.3, -0.25) is 4.40 Å². The summed E-state index contributed by atoms with van der Waals surface area (Å²) in [5.74, 6) is -0.510. The lowest BCUT2D eigenvalue weighted by Crippen LogP contribution is -2.24. The highest BCUT2D eigenvalue weighted by molar-refractivity contribution is 5.72. The van der Waals surface area contributed by atoms with Crippen molar-refractivity contribution in [1.29, 1.82) is 0 Å². The van der Waals surface area contributed by atoms with Crippen LogP contribution in [0.2, 0.25) is 0 Å². The van der Waals surface area contributed by atoms with Crippen LogP contribution in [-0.4, -0.2) is 54.3 Å². The Balaban J connectivity index is 1.99. The van der Waals surface area contributed by atoms with Crippen LogP contribution in [0, 0.1) is 0 Å². The maximum absolute atomic E-state index is 11.0. The number of carbonyl (C=O) groups is 1. The van der Waals surface area contributed by atoms with Crippen LogP contribution in [0.4, 0.5) is 0 Å². The van der Waals surface area contributed by atoms with Crippen LogP contribution in [0.15, 0.2) is 24.5 Å². The molecule has 3 rings (SSSR count). The number of carboxylic acid groups (broad SMARTS) is 1. The lowest BCUT2D eigenvalue weighted by molar-refractivity contribution is -0.148. The molecule has 3 aromatic rings. The first-order chi connectivity index (χ1) is 10.2. The molecule has 1 unspecified atom stereocenters. The summed E-state index contributed by atoms with van der Waals surface area (Å²) >= 11 is 0.